The third-order valence-corrected chi connectivity index (χ3v) is 4.13. The van der Waals surface area contributed by atoms with Crippen LogP contribution in [0.1, 0.15) is 18.9 Å². The molecule has 1 saturated heterocycles. The van der Waals surface area contributed by atoms with Crippen LogP contribution in [0.4, 0.5) is 5.69 Å². The molecule has 0 bridgehead atoms. The molecule has 19 heavy (non-hydrogen) atoms. The van der Waals surface area contributed by atoms with E-state index in [0.29, 0.717) is 6.04 Å². The minimum Gasteiger partial charge on any atom is -0.375 e. The SMILES string of the molecule is Cc1ccc(N(C)CCC(C)N2CCNCC2)cc1. The van der Waals surface area contributed by atoms with E-state index in [4.69, 9.17) is 0 Å². The van der Waals surface area contributed by atoms with E-state index < -0.39 is 0 Å². The van der Waals surface area contributed by atoms with Crippen molar-refractivity contribution in [2.45, 2.75) is 26.3 Å². The fraction of sp³-hybridized carbons (Fsp3) is 0.625. The number of hydrogen-bond acceptors (Lipinski definition) is 3. The molecule has 1 aromatic rings. The third-order valence-electron chi connectivity index (χ3n) is 4.13. The second-order valence-electron chi connectivity index (χ2n) is 5.68. The lowest BCUT2D eigenvalue weighted by Gasteiger charge is -2.34. The summed E-state index contributed by atoms with van der Waals surface area (Å²) in [6.45, 7) is 10.3. The Balaban J connectivity index is 1.79. The summed E-state index contributed by atoms with van der Waals surface area (Å²) in [4.78, 5) is 4.96. The van der Waals surface area contributed by atoms with Crippen LogP contribution in [-0.2, 0) is 0 Å². The van der Waals surface area contributed by atoms with Gasteiger partial charge in [-0.2, -0.15) is 0 Å². The van der Waals surface area contributed by atoms with Crippen LogP contribution < -0.4 is 10.2 Å². The van der Waals surface area contributed by atoms with E-state index in [-0.39, 0.29) is 0 Å². The molecule has 2 rings (SSSR count). The molecule has 1 aliphatic rings. The lowest BCUT2D eigenvalue weighted by molar-refractivity contribution is 0.178. The highest BCUT2D eigenvalue weighted by atomic mass is 15.2. The number of nitrogens with zero attached hydrogens (tertiary/aromatic N) is 2. The maximum Gasteiger partial charge on any atom is 0.0363 e. The molecule has 0 saturated carbocycles. The zero-order valence-electron chi connectivity index (χ0n) is 12.5. The third kappa shape index (κ3) is 4.22. The van der Waals surface area contributed by atoms with E-state index in [1.54, 1.807) is 0 Å². The Labute approximate surface area is 117 Å². The molecular weight excluding hydrogens is 234 g/mol. The quantitative estimate of drug-likeness (QED) is 0.876. The molecule has 1 heterocycles. The lowest BCUT2D eigenvalue weighted by atomic mass is 10.1. The number of nitrogens with one attached hydrogen (secondary N) is 1. The summed E-state index contributed by atoms with van der Waals surface area (Å²) >= 11 is 0. The van der Waals surface area contributed by atoms with Gasteiger partial charge in [0.2, 0.25) is 0 Å². The van der Waals surface area contributed by atoms with E-state index in [1.807, 2.05) is 0 Å². The first-order chi connectivity index (χ1) is 9.16. The van der Waals surface area contributed by atoms with Gasteiger partial charge in [-0.25, -0.2) is 0 Å². The largest absolute Gasteiger partial charge is 0.375 e. The van der Waals surface area contributed by atoms with E-state index >= 15 is 0 Å². The van der Waals surface area contributed by atoms with Crippen LogP contribution in [-0.4, -0.2) is 50.7 Å². The van der Waals surface area contributed by atoms with Crippen LogP contribution >= 0.6 is 0 Å². The first kappa shape index (κ1) is 14.4. The van der Waals surface area contributed by atoms with Crippen molar-refractivity contribution in [2.75, 3.05) is 44.7 Å². The van der Waals surface area contributed by atoms with Gasteiger partial charge in [0.25, 0.3) is 0 Å². The summed E-state index contributed by atoms with van der Waals surface area (Å²) in [5, 5.41) is 3.41. The maximum absolute atomic E-state index is 3.41. The van der Waals surface area contributed by atoms with E-state index in [9.17, 15) is 0 Å². The van der Waals surface area contributed by atoms with Gasteiger partial charge in [0.1, 0.15) is 0 Å². The molecule has 1 aliphatic heterocycles. The van der Waals surface area contributed by atoms with Crippen molar-refractivity contribution in [3.8, 4) is 0 Å². The first-order valence-electron chi connectivity index (χ1n) is 7.39. The van der Waals surface area contributed by atoms with Crippen molar-refractivity contribution in [1.29, 1.82) is 0 Å². The number of hydrogen-bond donors (Lipinski definition) is 1. The van der Waals surface area contributed by atoms with Gasteiger partial charge in [0, 0.05) is 51.5 Å². The van der Waals surface area contributed by atoms with Crippen molar-refractivity contribution in [1.82, 2.24) is 10.2 Å². The molecule has 1 fully saturated rings. The van der Waals surface area contributed by atoms with Gasteiger partial charge in [0.15, 0.2) is 0 Å². The van der Waals surface area contributed by atoms with Gasteiger partial charge >= 0.3 is 0 Å². The highest BCUT2D eigenvalue weighted by molar-refractivity contribution is 5.46. The van der Waals surface area contributed by atoms with Crippen molar-refractivity contribution >= 4 is 5.69 Å². The standard InChI is InChI=1S/C16H27N3/c1-14-4-6-16(7-5-14)18(3)11-8-15(2)19-12-9-17-10-13-19/h4-7,15,17H,8-13H2,1-3H3. The Bertz CT molecular complexity index is 368. The molecule has 0 radical (unpaired) electrons. The number of piperazine rings is 1. The van der Waals surface area contributed by atoms with Crippen molar-refractivity contribution < 1.29 is 0 Å². The molecule has 3 nitrogen and oxygen atoms in total. The van der Waals surface area contributed by atoms with Crippen molar-refractivity contribution in [3.05, 3.63) is 29.8 Å². The van der Waals surface area contributed by atoms with Gasteiger partial charge in [-0.05, 0) is 32.4 Å². The van der Waals surface area contributed by atoms with E-state index in [2.05, 4.69) is 60.3 Å². The Morgan fingerprint density at radius 3 is 2.47 bits per heavy atom. The summed E-state index contributed by atoms with van der Waals surface area (Å²) in [6.07, 6.45) is 1.23. The van der Waals surface area contributed by atoms with Crippen LogP contribution in [0.5, 0.6) is 0 Å². The number of rotatable bonds is 5. The minimum absolute atomic E-state index is 0.676. The van der Waals surface area contributed by atoms with Gasteiger partial charge in [-0.3, -0.25) is 4.90 Å². The van der Waals surface area contributed by atoms with Crippen LogP contribution in [0.15, 0.2) is 24.3 Å². The first-order valence-corrected chi connectivity index (χ1v) is 7.39. The minimum atomic E-state index is 0.676. The molecule has 1 unspecified atom stereocenters. The number of anilines is 1. The van der Waals surface area contributed by atoms with Crippen LogP contribution in [0.3, 0.4) is 0 Å². The van der Waals surface area contributed by atoms with Crippen LogP contribution in [0.2, 0.25) is 0 Å². The highest BCUT2D eigenvalue weighted by Crippen LogP contribution is 2.15. The van der Waals surface area contributed by atoms with Gasteiger partial charge in [-0.1, -0.05) is 17.7 Å². The smallest absolute Gasteiger partial charge is 0.0363 e. The summed E-state index contributed by atoms with van der Waals surface area (Å²) in [6, 6.07) is 9.47. The van der Waals surface area contributed by atoms with Crippen molar-refractivity contribution in [2.24, 2.45) is 0 Å². The Kier molecular flexibility index (Phi) is 5.23. The molecule has 1 aromatic carbocycles. The van der Waals surface area contributed by atoms with Crippen LogP contribution in [0, 0.1) is 6.92 Å². The predicted molar refractivity (Wildman–Crippen MR) is 83.0 cm³/mol. The lowest BCUT2D eigenvalue weighted by Crippen LogP contribution is -2.48. The number of benzene rings is 1. The zero-order valence-corrected chi connectivity index (χ0v) is 12.5. The molecule has 0 aliphatic carbocycles. The van der Waals surface area contributed by atoms with Crippen molar-refractivity contribution in [3.63, 3.8) is 0 Å². The molecule has 0 aromatic heterocycles. The molecule has 1 N–H and O–H groups in total. The highest BCUT2D eigenvalue weighted by Gasteiger charge is 2.16. The molecule has 0 spiro atoms. The molecule has 0 amide bonds. The topological polar surface area (TPSA) is 18.5 Å². The zero-order chi connectivity index (χ0) is 13.7. The number of aryl methyl sites for hydroxylation is 1. The summed E-state index contributed by atoms with van der Waals surface area (Å²) in [5.41, 5.74) is 2.64. The molecule has 106 valence electrons. The normalized spacial score (nSPS) is 18.3. The molecular formula is C16H27N3. The average Bonchev–Trinajstić information content (AvgIpc) is 2.46. The van der Waals surface area contributed by atoms with E-state index in [0.717, 1.165) is 19.6 Å². The fourth-order valence-electron chi connectivity index (χ4n) is 2.61. The second kappa shape index (κ2) is 6.92. The fourth-order valence-corrected chi connectivity index (χ4v) is 2.61. The summed E-state index contributed by atoms with van der Waals surface area (Å²) in [7, 11) is 2.19. The molecule has 3 heteroatoms. The van der Waals surface area contributed by atoms with Crippen LogP contribution in [0.25, 0.3) is 0 Å². The summed E-state index contributed by atoms with van der Waals surface area (Å²) in [5.74, 6) is 0. The van der Waals surface area contributed by atoms with E-state index in [1.165, 1.54) is 30.8 Å². The Morgan fingerprint density at radius 1 is 1.21 bits per heavy atom. The average molecular weight is 261 g/mol. The van der Waals surface area contributed by atoms with Gasteiger partial charge in [-0.15, -0.1) is 0 Å². The maximum atomic E-state index is 3.41. The Morgan fingerprint density at radius 2 is 1.84 bits per heavy atom. The van der Waals surface area contributed by atoms with Gasteiger partial charge in [0.05, 0.1) is 0 Å². The second-order valence-corrected chi connectivity index (χ2v) is 5.68. The summed E-state index contributed by atoms with van der Waals surface area (Å²) < 4.78 is 0. The Hall–Kier alpha value is -1.06. The molecule has 1 atom stereocenters. The monoisotopic (exact) mass is 261 g/mol. The van der Waals surface area contributed by atoms with Gasteiger partial charge < -0.3 is 10.2 Å². The predicted octanol–water partition coefficient (Wildman–Crippen LogP) is 2.12.